The molecule has 0 N–H and O–H groups in total. The van der Waals surface area contributed by atoms with Crippen molar-refractivity contribution >= 4 is 15.9 Å². The van der Waals surface area contributed by atoms with Crippen molar-refractivity contribution in [2.45, 2.75) is 44.6 Å². The van der Waals surface area contributed by atoms with Crippen LogP contribution in [-0.2, 0) is 4.84 Å². The zero-order valence-electron chi connectivity index (χ0n) is 7.95. The molecule has 0 saturated carbocycles. The Kier molecular flexibility index (Phi) is 4.93. The third-order valence-electron chi connectivity index (χ3n) is 2.28. The van der Waals surface area contributed by atoms with Crippen LogP contribution in [0.3, 0.4) is 0 Å². The van der Waals surface area contributed by atoms with Crippen molar-refractivity contribution in [3.05, 3.63) is 20.7 Å². The minimum absolute atomic E-state index is 0.400. The lowest BCUT2D eigenvalue weighted by Crippen LogP contribution is -2.17. The number of hydrogen-bond acceptors (Lipinski definition) is 3. The first-order valence-corrected chi connectivity index (χ1v) is 5.66. The summed E-state index contributed by atoms with van der Waals surface area (Å²) in [4.78, 5) is 14.8. The highest BCUT2D eigenvalue weighted by Gasteiger charge is 2.16. The molecule has 0 aromatic carbocycles. The summed E-state index contributed by atoms with van der Waals surface area (Å²) in [5, 5.41) is 9.52. The molecule has 1 aliphatic carbocycles. The summed E-state index contributed by atoms with van der Waals surface area (Å²) in [6.07, 6.45) is 7.74. The molecule has 0 saturated heterocycles. The number of allylic oxidation sites excluding steroid dienone is 1. The first-order valence-electron chi connectivity index (χ1n) is 4.87. The van der Waals surface area contributed by atoms with Gasteiger partial charge in [-0.25, -0.2) is 0 Å². The fourth-order valence-corrected chi connectivity index (χ4v) is 2.09. The minimum atomic E-state index is -0.711. The van der Waals surface area contributed by atoms with E-state index in [4.69, 9.17) is 0 Å². The summed E-state index contributed by atoms with van der Waals surface area (Å²) in [5.41, 5.74) is 0. The molecular formula is C9H14BrNO3. The first-order chi connectivity index (χ1) is 6.70. The molecule has 5 heteroatoms. The van der Waals surface area contributed by atoms with Gasteiger partial charge in [-0.3, -0.25) is 0 Å². The highest BCUT2D eigenvalue weighted by atomic mass is 79.9. The van der Waals surface area contributed by atoms with Crippen molar-refractivity contribution in [1.82, 2.24) is 0 Å². The van der Waals surface area contributed by atoms with E-state index in [1.807, 2.05) is 6.08 Å². The molecule has 1 rings (SSSR count). The van der Waals surface area contributed by atoms with Crippen LogP contribution in [0.2, 0.25) is 0 Å². The number of hydrogen-bond donors (Lipinski definition) is 0. The normalized spacial score (nSPS) is 27.8. The Morgan fingerprint density at radius 3 is 2.86 bits per heavy atom. The standard InChI is InChI=1S/C9H14BrNO3/c10-8-6-4-2-1-3-5-7-9(8)14-11(12)13/h6,9H,1-5,7H2/b8-6-. The van der Waals surface area contributed by atoms with Crippen LogP contribution in [0.25, 0.3) is 0 Å². The van der Waals surface area contributed by atoms with Crippen molar-refractivity contribution in [2.24, 2.45) is 0 Å². The molecule has 1 aliphatic rings. The topological polar surface area (TPSA) is 52.4 Å². The van der Waals surface area contributed by atoms with E-state index >= 15 is 0 Å². The molecule has 0 spiro atoms. The SMILES string of the molecule is O=[N+]([O-])OC1CCCCCC/C=C/1Br. The molecule has 0 radical (unpaired) electrons. The highest BCUT2D eigenvalue weighted by Crippen LogP contribution is 2.23. The predicted octanol–water partition coefficient (Wildman–Crippen LogP) is 3.20. The molecule has 0 aromatic rings. The van der Waals surface area contributed by atoms with Gasteiger partial charge in [0.05, 0.1) is 0 Å². The van der Waals surface area contributed by atoms with Gasteiger partial charge in [0.15, 0.2) is 0 Å². The van der Waals surface area contributed by atoms with Gasteiger partial charge in [0, 0.05) is 4.48 Å². The lowest BCUT2D eigenvalue weighted by Gasteiger charge is -2.13. The van der Waals surface area contributed by atoms with E-state index in [0.717, 1.165) is 36.6 Å². The maximum atomic E-state index is 10.2. The predicted molar refractivity (Wildman–Crippen MR) is 56.6 cm³/mol. The van der Waals surface area contributed by atoms with Crippen molar-refractivity contribution in [3.63, 3.8) is 0 Å². The molecular weight excluding hydrogens is 250 g/mol. The van der Waals surface area contributed by atoms with Crippen LogP contribution in [0.5, 0.6) is 0 Å². The average Bonchev–Trinajstić information content (AvgIpc) is 2.20. The number of rotatable bonds is 2. The molecule has 0 aromatic heterocycles. The van der Waals surface area contributed by atoms with Crippen LogP contribution in [0.1, 0.15) is 38.5 Å². The van der Waals surface area contributed by atoms with E-state index in [1.165, 1.54) is 6.42 Å². The summed E-state index contributed by atoms with van der Waals surface area (Å²) in [6.45, 7) is 0. The number of halogens is 1. The van der Waals surface area contributed by atoms with Gasteiger partial charge in [-0.2, -0.15) is 0 Å². The monoisotopic (exact) mass is 263 g/mol. The molecule has 14 heavy (non-hydrogen) atoms. The van der Waals surface area contributed by atoms with Gasteiger partial charge in [-0.15, -0.1) is 10.1 Å². The van der Waals surface area contributed by atoms with Gasteiger partial charge in [0.2, 0.25) is 0 Å². The van der Waals surface area contributed by atoms with Crippen molar-refractivity contribution in [1.29, 1.82) is 0 Å². The van der Waals surface area contributed by atoms with Crippen LogP contribution in [-0.4, -0.2) is 11.2 Å². The molecule has 0 amide bonds. The zero-order valence-corrected chi connectivity index (χ0v) is 9.53. The van der Waals surface area contributed by atoms with E-state index < -0.39 is 11.2 Å². The largest absolute Gasteiger partial charge is 0.305 e. The maximum Gasteiger partial charge on any atom is 0.295 e. The fourth-order valence-electron chi connectivity index (χ4n) is 1.54. The maximum absolute atomic E-state index is 10.2. The Balaban J connectivity index is 2.56. The molecule has 1 atom stereocenters. The molecule has 0 bridgehead atoms. The Hall–Kier alpha value is -0.580. The molecule has 0 fully saturated rings. The second-order valence-corrected chi connectivity index (χ2v) is 4.31. The first kappa shape index (κ1) is 11.5. The van der Waals surface area contributed by atoms with Gasteiger partial charge in [0.25, 0.3) is 5.09 Å². The van der Waals surface area contributed by atoms with Gasteiger partial charge in [-0.1, -0.05) is 41.3 Å². The molecule has 4 nitrogen and oxygen atoms in total. The van der Waals surface area contributed by atoms with Crippen LogP contribution >= 0.6 is 15.9 Å². The smallest absolute Gasteiger partial charge is 0.295 e. The Labute approximate surface area is 91.6 Å². The molecule has 0 heterocycles. The van der Waals surface area contributed by atoms with Crippen LogP contribution in [0, 0.1) is 10.1 Å². The lowest BCUT2D eigenvalue weighted by atomic mass is 10.1. The van der Waals surface area contributed by atoms with E-state index in [-0.39, 0.29) is 0 Å². The van der Waals surface area contributed by atoms with Crippen molar-refractivity contribution in [2.75, 3.05) is 0 Å². The van der Waals surface area contributed by atoms with E-state index in [0.29, 0.717) is 0 Å². The third kappa shape index (κ3) is 4.09. The number of nitrogens with zero attached hydrogens (tertiary/aromatic N) is 1. The van der Waals surface area contributed by atoms with Crippen molar-refractivity contribution < 1.29 is 9.92 Å². The molecule has 80 valence electrons. The minimum Gasteiger partial charge on any atom is -0.305 e. The second-order valence-electron chi connectivity index (χ2n) is 3.40. The summed E-state index contributed by atoms with van der Waals surface area (Å²) in [7, 11) is 0. The van der Waals surface area contributed by atoms with Gasteiger partial charge >= 0.3 is 0 Å². The van der Waals surface area contributed by atoms with E-state index in [9.17, 15) is 10.1 Å². The summed E-state index contributed by atoms with van der Waals surface area (Å²) < 4.78 is 0.816. The van der Waals surface area contributed by atoms with Gasteiger partial charge in [-0.05, 0) is 19.3 Å². The van der Waals surface area contributed by atoms with Crippen molar-refractivity contribution in [3.8, 4) is 0 Å². The van der Waals surface area contributed by atoms with Gasteiger partial charge in [0.1, 0.15) is 6.10 Å². The van der Waals surface area contributed by atoms with E-state index in [1.54, 1.807) is 0 Å². The van der Waals surface area contributed by atoms with Gasteiger partial charge < -0.3 is 4.84 Å². The third-order valence-corrected chi connectivity index (χ3v) is 3.12. The second kappa shape index (κ2) is 6.01. The van der Waals surface area contributed by atoms with E-state index in [2.05, 4.69) is 20.8 Å². The highest BCUT2D eigenvalue weighted by molar-refractivity contribution is 9.11. The molecule has 0 aliphatic heterocycles. The quantitative estimate of drug-likeness (QED) is 0.568. The van der Waals surface area contributed by atoms with Crippen LogP contribution in [0.15, 0.2) is 10.6 Å². The zero-order chi connectivity index (χ0) is 10.4. The summed E-state index contributed by atoms with van der Waals surface area (Å²) in [5.74, 6) is 0. The lowest BCUT2D eigenvalue weighted by molar-refractivity contribution is -0.765. The van der Waals surface area contributed by atoms with Crippen LogP contribution < -0.4 is 0 Å². The summed E-state index contributed by atoms with van der Waals surface area (Å²) in [6, 6.07) is 0. The van der Waals surface area contributed by atoms with Crippen LogP contribution in [0.4, 0.5) is 0 Å². The Bertz CT molecular complexity index is 230. The summed E-state index contributed by atoms with van der Waals surface area (Å²) >= 11 is 3.33. The Morgan fingerprint density at radius 1 is 1.43 bits per heavy atom. The average molecular weight is 264 g/mol. The fraction of sp³-hybridized carbons (Fsp3) is 0.778. The molecule has 1 unspecified atom stereocenters. The Morgan fingerprint density at radius 2 is 2.14 bits per heavy atom.